The Labute approximate surface area is 123 Å². The van der Waals surface area contributed by atoms with E-state index in [1.165, 1.54) is 18.3 Å². The molecule has 0 spiro atoms. The van der Waals surface area contributed by atoms with Gasteiger partial charge in [0.25, 0.3) is 0 Å². The van der Waals surface area contributed by atoms with Crippen molar-refractivity contribution >= 4 is 21.6 Å². The summed E-state index contributed by atoms with van der Waals surface area (Å²) in [5.74, 6) is 0.329. The molecule has 1 heterocycles. The maximum atomic E-state index is 11.0. The van der Waals surface area contributed by atoms with Crippen LogP contribution in [0.5, 0.6) is 11.6 Å². The van der Waals surface area contributed by atoms with Gasteiger partial charge in [-0.3, -0.25) is 10.1 Å². The van der Waals surface area contributed by atoms with Crippen LogP contribution in [0, 0.1) is 10.1 Å². The Morgan fingerprint density at radius 1 is 1.40 bits per heavy atom. The molecular weight excluding hydrogens is 328 g/mol. The molecule has 0 radical (unpaired) electrons. The van der Waals surface area contributed by atoms with Gasteiger partial charge in [-0.15, -0.1) is 0 Å². The molecule has 1 aromatic carbocycles. The van der Waals surface area contributed by atoms with E-state index in [4.69, 9.17) is 4.74 Å². The number of aliphatic hydroxyl groups excluding tert-OH is 1. The summed E-state index contributed by atoms with van der Waals surface area (Å²) >= 11 is 3.17. The van der Waals surface area contributed by atoms with E-state index in [-0.39, 0.29) is 17.3 Å². The molecule has 0 aliphatic carbocycles. The number of halogens is 1. The lowest BCUT2D eigenvalue weighted by molar-refractivity contribution is -0.385. The third kappa shape index (κ3) is 3.31. The van der Waals surface area contributed by atoms with Crippen molar-refractivity contribution in [1.82, 2.24) is 4.98 Å². The molecule has 1 N–H and O–H groups in total. The molecule has 2 aromatic rings. The van der Waals surface area contributed by atoms with Gasteiger partial charge in [0.05, 0.1) is 11.0 Å². The molecule has 1 aromatic heterocycles. The van der Waals surface area contributed by atoms with Crippen LogP contribution in [0.4, 0.5) is 5.69 Å². The maximum absolute atomic E-state index is 11.0. The SMILES string of the molecule is C[C@H](O)c1ccc(Oc2ccc(Br)cc2[N+](=O)[O-])nc1. The average Bonchev–Trinajstić information content (AvgIpc) is 2.41. The summed E-state index contributed by atoms with van der Waals surface area (Å²) in [6, 6.07) is 7.70. The first-order valence-corrected chi connectivity index (χ1v) is 6.52. The largest absolute Gasteiger partial charge is 0.432 e. The molecule has 0 saturated heterocycles. The molecule has 104 valence electrons. The van der Waals surface area contributed by atoms with Gasteiger partial charge < -0.3 is 9.84 Å². The molecule has 0 aliphatic heterocycles. The Balaban J connectivity index is 2.28. The standard InChI is InChI=1S/C13H11BrN2O4/c1-8(17)9-2-5-13(15-7-9)20-12-4-3-10(14)6-11(12)16(18)19/h2-8,17H,1H3/t8-/m0/s1. The van der Waals surface area contributed by atoms with Crippen molar-refractivity contribution in [2.24, 2.45) is 0 Å². The lowest BCUT2D eigenvalue weighted by atomic mass is 10.2. The summed E-state index contributed by atoms with van der Waals surface area (Å²) in [6.07, 6.45) is 0.837. The Morgan fingerprint density at radius 2 is 2.15 bits per heavy atom. The van der Waals surface area contributed by atoms with Crippen molar-refractivity contribution in [2.45, 2.75) is 13.0 Å². The van der Waals surface area contributed by atoms with Crippen LogP contribution in [0.25, 0.3) is 0 Å². The summed E-state index contributed by atoms with van der Waals surface area (Å²) in [5.41, 5.74) is 0.489. The highest BCUT2D eigenvalue weighted by Gasteiger charge is 2.16. The van der Waals surface area contributed by atoms with Gasteiger partial charge in [-0.2, -0.15) is 0 Å². The monoisotopic (exact) mass is 338 g/mol. The van der Waals surface area contributed by atoms with Crippen LogP contribution in [0.2, 0.25) is 0 Å². The Hall–Kier alpha value is -1.99. The molecule has 0 aliphatic rings. The number of benzene rings is 1. The third-order valence-corrected chi connectivity index (χ3v) is 3.07. The molecule has 2 rings (SSSR count). The second kappa shape index (κ2) is 5.98. The van der Waals surface area contributed by atoms with Gasteiger partial charge in [-0.05, 0) is 30.7 Å². The second-order valence-corrected chi connectivity index (χ2v) is 4.99. The molecule has 0 saturated carbocycles. The molecular formula is C13H11BrN2O4. The number of nitro groups is 1. The molecule has 0 amide bonds. The topological polar surface area (TPSA) is 85.5 Å². The van der Waals surface area contributed by atoms with E-state index < -0.39 is 11.0 Å². The van der Waals surface area contributed by atoms with Crippen LogP contribution in [0.1, 0.15) is 18.6 Å². The minimum absolute atomic E-state index is 0.107. The smallest absolute Gasteiger partial charge is 0.312 e. The van der Waals surface area contributed by atoms with Crippen molar-refractivity contribution in [3.63, 3.8) is 0 Å². The predicted molar refractivity (Wildman–Crippen MR) is 75.7 cm³/mol. The van der Waals surface area contributed by atoms with Gasteiger partial charge in [0.1, 0.15) is 0 Å². The number of aliphatic hydroxyl groups is 1. The molecule has 0 fully saturated rings. The first kappa shape index (κ1) is 14.4. The summed E-state index contributed by atoms with van der Waals surface area (Å²) in [4.78, 5) is 14.4. The van der Waals surface area contributed by atoms with Gasteiger partial charge in [0, 0.05) is 22.8 Å². The zero-order valence-corrected chi connectivity index (χ0v) is 12.1. The van der Waals surface area contributed by atoms with Crippen LogP contribution in [0.15, 0.2) is 41.0 Å². The third-order valence-electron chi connectivity index (χ3n) is 2.57. The van der Waals surface area contributed by atoms with Gasteiger partial charge in [-0.25, -0.2) is 4.98 Å². The van der Waals surface area contributed by atoms with Crippen LogP contribution in [-0.2, 0) is 0 Å². The minimum Gasteiger partial charge on any atom is -0.432 e. The van der Waals surface area contributed by atoms with Crippen LogP contribution in [0.3, 0.4) is 0 Å². The van der Waals surface area contributed by atoms with Crippen LogP contribution >= 0.6 is 15.9 Å². The van der Waals surface area contributed by atoms with E-state index in [9.17, 15) is 15.2 Å². The zero-order valence-electron chi connectivity index (χ0n) is 10.5. The van der Waals surface area contributed by atoms with Crippen molar-refractivity contribution < 1.29 is 14.8 Å². The lowest BCUT2D eigenvalue weighted by Gasteiger charge is -2.07. The fourth-order valence-electron chi connectivity index (χ4n) is 1.53. The summed E-state index contributed by atoms with van der Waals surface area (Å²) in [5, 5.41) is 20.3. The lowest BCUT2D eigenvalue weighted by Crippen LogP contribution is -1.96. The quantitative estimate of drug-likeness (QED) is 0.679. The van der Waals surface area contributed by atoms with Crippen molar-refractivity contribution in [3.8, 4) is 11.6 Å². The number of rotatable bonds is 4. The minimum atomic E-state index is -0.626. The molecule has 6 nitrogen and oxygen atoms in total. The highest BCUT2D eigenvalue weighted by molar-refractivity contribution is 9.10. The van der Waals surface area contributed by atoms with Crippen molar-refractivity contribution in [2.75, 3.05) is 0 Å². The highest BCUT2D eigenvalue weighted by atomic mass is 79.9. The Morgan fingerprint density at radius 3 is 2.70 bits per heavy atom. The second-order valence-electron chi connectivity index (χ2n) is 4.08. The summed E-state index contributed by atoms with van der Waals surface area (Å²) in [6.45, 7) is 1.62. The van der Waals surface area contributed by atoms with Gasteiger partial charge >= 0.3 is 5.69 Å². The number of nitrogens with zero attached hydrogens (tertiary/aromatic N) is 2. The van der Waals surface area contributed by atoms with Crippen LogP contribution in [-0.4, -0.2) is 15.0 Å². The van der Waals surface area contributed by atoms with Crippen molar-refractivity contribution in [1.29, 1.82) is 0 Å². The fraction of sp³-hybridized carbons (Fsp3) is 0.154. The van der Waals surface area contributed by atoms with E-state index >= 15 is 0 Å². The number of ether oxygens (including phenoxy) is 1. The highest BCUT2D eigenvalue weighted by Crippen LogP contribution is 2.33. The maximum Gasteiger partial charge on any atom is 0.312 e. The number of hydrogen-bond donors (Lipinski definition) is 1. The molecule has 0 unspecified atom stereocenters. The van der Waals surface area contributed by atoms with E-state index in [1.54, 1.807) is 25.1 Å². The predicted octanol–water partition coefficient (Wildman–Crippen LogP) is 3.60. The number of nitro benzene ring substituents is 1. The summed E-state index contributed by atoms with van der Waals surface area (Å²) in [7, 11) is 0. The zero-order chi connectivity index (χ0) is 14.7. The van der Waals surface area contributed by atoms with Gasteiger partial charge in [0.15, 0.2) is 0 Å². The first-order chi connectivity index (χ1) is 9.47. The number of aromatic nitrogens is 1. The Kier molecular flexibility index (Phi) is 4.31. The number of pyridine rings is 1. The average molecular weight is 339 g/mol. The number of hydrogen-bond acceptors (Lipinski definition) is 5. The van der Waals surface area contributed by atoms with Gasteiger partial charge in [-0.1, -0.05) is 15.9 Å². The Bertz CT molecular complexity index is 629. The first-order valence-electron chi connectivity index (χ1n) is 5.73. The van der Waals surface area contributed by atoms with E-state index in [0.717, 1.165) is 0 Å². The molecule has 7 heteroatoms. The normalized spacial score (nSPS) is 11.9. The van der Waals surface area contributed by atoms with Crippen LogP contribution < -0.4 is 4.74 Å². The fourth-order valence-corrected chi connectivity index (χ4v) is 1.88. The van der Waals surface area contributed by atoms with E-state index in [1.807, 2.05) is 0 Å². The molecule has 20 heavy (non-hydrogen) atoms. The van der Waals surface area contributed by atoms with E-state index in [0.29, 0.717) is 10.0 Å². The molecule has 1 atom stereocenters. The van der Waals surface area contributed by atoms with E-state index in [2.05, 4.69) is 20.9 Å². The summed E-state index contributed by atoms with van der Waals surface area (Å²) < 4.78 is 6.00. The van der Waals surface area contributed by atoms with Crippen molar-refractivity contribution in [3.05, 3.63) is 56.7 Å². The van der Waals surface area contributed by atoms with Gasteiger partial charge in [0.2, 0.25) is 11.6 Å². The molecule has 0 bridgehead atoms.